The molecule has 0 radical (unpaired) electrons. The lowest BCUT2D eigenvalue weighted by atomic mass is 9.89. The van der Waals surface area contributed by atoms with E-state index in [-0.39, 0.29) is 6.04 Å². The molecule has 2 atom stereocenters. The zero-order valence-corrected chi connectivity index (χ0v) is 20.4. The van der Waals surface area contributed by atoms with E-state index in [1.165, 1.54) is 44.9 Å². The second-order valence-corrected chi connectivity index (χ2v) is 9.43. The fourth-order valence-corrected chi connectivity index (χ4v) is 5.04. The number of aromatic nitrogens is 3. The minimum Gasteiger partial charge on any atom is -0.495 e. The number of methoxy groups -OCH3 is 1. The summed E-state index contributed by atoms with van der Waals surface area (Å²) in [6.45, 7) is 4.15. The topological polar surface area (TPSA) is 96.0 Å². The van der Waals surface area contributed by atoms with E-state index >= 15 is 0 Å². The molecule has 9 heteroatoms. The van der Waals surface area contributed by atoms with E-state index in [4.69, 9.17) is 21.3 Å². The summed E-state index contributed by atoms with van der Waals surface area (Å²) in [5.74, 6) is 2.96. The molecule has 0 spiro atoms. The second kappa shape index (κ2) is 11.7. The summed E-state index contributed by atoms with van der Waals surface area (Å²) in [5.41, 5.74) is 0.792. The third-order valence-electron chi connectivity index (χ3n) is 6.66. The van der Waals surface area contributed by atoms with Gasteiger partial charge < -0.3 is 26.0 Å². The van der Waals surface area contributed by atoms with E-state index in [9.17, 15) is 0 Å². The van der Waals surface area contributed by atoms with Crippen LogP contribution in [0.25, 0.3) is 0 Å². The first-order valence-corrected chi connectivity index (χ1v) is 12.6. The molecule has 2 aromatic rings. The van der Waals surface area contributed by atoms with Gasteiger partial charge in [-0.2, -0.15) is 15.0 Å². The minimum atomic E-state index is 0.268. The molecule has 1 saturated heterocycles. The lowest BCUT2D eigenvalue weighted by Crippen LogP contribution is -2.40. The van der Waals surface area contributed by atoms with Crippen molar-refractivity contribution in [2.45, 2.75) is 70.4 Å². The van der Waals surface area contributed by atoms with Gasteiger partial charge in [-0.1, -0.05) is 37.8 Å². The van der Waals surface area contributed by atoms with Gasteiger partial charge in [0.2, 0.25) is 17.8 Å². The zero-order valence-electron chi connectivity index (χ0n) is 19.7. The molecular formula is C24H36ClN7O. The molecule has 1 aromatic carbocycles. The van der Waals surface area contributed by atoms with Gasteiger partial charge in [-0.25, -0.2) is 0 Å². The molecule has 33 heavy (non-hydrogen) atoms. The van der Waals surface area contributed by atoms with Gasteiger partial charge in [-0.15, -0.1) is 0 Å². The van der Waals surface area contributed by atoms with E-state index < -0.39 is 0 Å². The third kappa shape index (κ3) is 6.60. The van der Waals surface area contributed by atoms with Crippen LogP contribution in [0.2, 0.25) is 5.02 Å². The molecule has 2 fully saturated rings. The fourth-order valence-electron chi connectivity index (χ4n) is 4.78. The number of benzene rings is 1. The minimum absolute atomic E-state index is 0.268. The Morgan fingerprint density at radius 2 is 1.85 bits per heavy atom. The fraction of sp³-hybridized carbons (Fsp3) is 0.625. The average molecular weight is 474 g/mol. The molecule has 1 saturated carbocycles. The molecule has 2 heterocycles. The van der Waals surface area contributed by atoms with E-state index in [1.54, 1.807) is 7.11 Å². The Hall–Kier alpha value is -2.32. The van der Waals surface area contributed by atoms with Crippen molar-refractivity contribution in [2.24, 2.45) is 5.92 Å². The van der Waals surface area contributed by atoms with Gasteiger partial charge in [-0.3, -0.25) is 0 Å². The molecule has 8 nitrogen and oxygen atoms in total. The van der Waals surface area contributed by atoms with Crippen LogP contribution in [0.5, 0.6) is 5.75 Å². The molecule has 1 aliphatic heterocycles. The van der Waals surface area contributed by atoms with Crippen molar-refractivity contribution < 1.29 is 4.74 Å². The number of anilines is 4. The van der Waals surface area contributed by atoms with Crippen LogP contribution in [0.1, 0.15) is 58.3 Å². The highest BCUT2D eigenvalue weighted by atomic mass is 35.5. The smallest absolute Gasteiger partial charge is 0.233 e. The quantitative estimate of drug-likeness (QED) is 0.373. The first-order chi connectivity index (χ1) is 16.1. The highest BCUT2D eigenvalue weighted by Crippen LogP contribution is 2.29. The molecule has 0 bridgehead atoms. The van der Waals surface area contributed by atoms with Gasteiger partial charge in [-0.05, 0) is 62.8 Å². The zero-order chi connectivity index (χ0) is 23.0. The second-order valence-electron chi connectivity index (χ2n) is 9.03. The predicted molar refractivity (Wildman–Crippen MR) is 135 cm³/mol. The highest BCUT2D eigenvalue weighted by Gasteiger charge is 2.24. The number of hydrogen-bond donors (Lipinski definition) is 4. The van der Waals surface area contributed by atoms with E-state index in [0.29, 0.717) is 40.6 Å². The van der Waals surface area contributed by atoms with Crippen LogP contribution in [0.4, 0.5) is 23.5 Å². The van der Waals surface area contributed by atoms with E-state index in [0.717, 1.165) is 25.2 Å². The Labute approximate surface area is 201 Å². The number of rotatable bonds is 10. The summed E-state index contributed by atoms with van der Waals surface area (Å²) < 4.78 is 5.26. The van der Waals surface area contributed by atoms with Crippen LogP contribution in [0, 0.1) is 5.92 Å². The van der Waals surface area contributed by atoms with Crippen molar-refractivity contribution in [2.75, 3.05) is 36.1 Å². The Morgan fingerprint density at radius 1 is 1.06 bits per heavy atom. The van der Waals surface area contributed by atoms with Gasteiger partial charge in [0.15, 0.2) is 0 Å². The van der Waals surface area contributed by atoms with Crippen LogP contribution < -0.4 is 26.0 Å². The van der Waals surface area contributed by atoms with Gasteiger partial charge in [0, 0.05) is 24.3 Å². The molecule has 1 aromatic heterocycles. The Balaban J connectivity index is 1.52. The molecule has 4 rings (SSSR count). The summed E-state index contributed by atoms with van der Waals surface area (Å²) in [5, 5.41) is 14.4. The molecule has 2 aliphatic rings. The molecule has 180 valence electrons. The summed E-state index contributed by atoms with van der Waals surface area (Å²) in [4.78, 5) is 14.0. The van der Waals surface area contributed by atoms with Crippen LogP contribution in [0.3, 0.4) is 0 Å². The van der Waals surface area contributed by atoms with E-state index in [2.05, 4.69) is 38.2 Å². The van der Waals surface area contributed by atoms with Crippen LogP contribution in [0.15, 0.2) is 18.2 Å². The average Bonchev–Trinajstić information content (AvgIpc) is 3.37. The van der Waals surface area contributed by atoms with Gasteiger partial charge in [0.1, 0.15) is 5.75 Å². The van der Waals surface area contributed by atoms with Gasteiger partial charge >= 0.3 is 0 Å². The standard InChI is InChI=1S/C24H36ClN7O/c1-3-19(20-10-7-13-26-20)29-24-31-22(27-15-16-8-5-4-6-9-16)30-23(32-24)28-17-11-12-21(33-2)18(25)14-17/h11-12,14,16,19-20,26H,3-10,13,15H2,1-2H3,(H3,27,28,29,30,31,32). The van der Waals surface area contributed by atoms with Gasteiger partial charge in [0.25, 0.3) is 0 Å². The lowest BCUT2D eigenvalue weighted by molar-refractivity contribution is 0.373. The van der Waals surface area contributed by atoms with Crippen LogP contribution in [-0.4, -0.2) is 47.2 Å². The normalized spacial score (nSPS) is 19.8. The van der Waals surface area contributed by atoms with Crippen LogP contribution in [-0.2, 0) is 0 Å². The van der Waals surface area contributed by atoms with Crippen molar-refractivity contribution >= 4 is 35.1 Å². The number of halogens is 1. The van der Waals surface area contributed by atoms with Crippen molar-refractivity contribution in [3.05, 3.63) is 23.2 Å². The van der Waals surface area contributed by atoms with Crippen molar-refractivity contribution in [3.63, 3.8) is 0 Å². The maximum absolute atomic E-state index is 6.30. The lowest BCUT2D eigenvalue weighted by Gasteiger charge is -2.24. The van der Waals surface area contributed by atoms with Gasteiger partial charge in [0.05, 0.1) is 12.1 Å². The molecule has 1 aliphatic carbocycles. The summed E-state index contributed by atoms with van der Waals surface area (Å²) >= 11 is 6.30. The molecular weight excluding hydrogens is 438 g/mol. The molecule has 4 N–H and O–H groups in total. The number of ether oxygens (including phenoxy) is 1. The first kappa shape index (κ1) is 23.8. The number of hydrogen-bond acceptors (Lipinski definition) is 8. The maximum atomic E-state index is 6.30. The maximum Gasteiger partial charge on any atom is 0.233 e. The summed E-state index contributed by atoms with van der Waals surface area (Å²) in [6, 6.07) is 6.23. The molecule has 0 amide bonds. The largest absolute Gasteiger partial charge is 0.495 e. The summed E-state index contributed by atoms with van der Waals surface area (Å²) in [6.07, 6.45) is 9.88. The Morgan fingerprint density at radius 3 is 2.55 bits per heavy atom. The van der Waals surface area contributed by atoms with Crippen LogP contribution >= 0.6 is 11.6 Å². The number of nitrogens with zero attached hydrogens (tertiary/aromatic N) is 3. The number of nitrogens with one attached hydrogen (secondary N) is 4. The Kier molecular flexibility index (Phi) is 8.45. The van der Waals surface area contributed by atoms with Crippen molar-refractivity contribution in [1.82, 2.24) is 20.3 Å². The van der Waals surface area contributed by atoms with Crippen molar-refractivity contribution in [1.29, 1.82) is 0 Å². The highest BCUT2D eigenvalue weighted by molar-refractivity contribution is 6.32. The third-order valence-corrected chi connectivity index (χ3v) is 6.95. The predicted octanol–water partition coefficient (Wildman–Crippen LogP) is 5.21. The first-order valence-electron chi connectivity index (χ1n) is 12.2. The molecule has 2 unspecified atom stereocenters. The van der Waals surface area contributed by atoms with E-state index in [1.807, 2.05) is 18.2 Å². The SMILES string of the molecule is CCC(Nc1nc(NCC2CCCCC2)nc(Nc2ccc(OC)c(Cl)c2)n1)C1CCCN1. The summed E-state index contributed by atoms with van der Waals surface area (Å²) in [7, 11) is 1.60. The van der Waals surface area contributed by atoms with Crippen molar-refractivity contribution in [3.8, 4) is 5.75 Å². The Bertz CT molecular complexity index is 900. The monoisotopic (exact) mass is 473 g/mol.